The van der Waals surface area contributed by atoms with Crippen LogP contribution >= 0.6 is 11.3 Å². The lowest BCUT2D eigenvalue weighted by atomic mass is 9.96. The second-order valence-electron chi connectivity index (χ2n) is 7.82. The van der Waals surface area contributed by atoms with Crippen LogP contribution in [0.25, 0.3) is 6.08 Å². The lowest BCUT2D eigenvalue weighted by molar-refractivity contribution is -0.139. The largest absolute Gasteiger partial charge is 0.491 e. The van der Waals surface area contributed by atoms with Gasteiger partial charge in [0.2, 0.25) is 0 Å². The molecule has 7 nitrogen and oxygen atoms in total. The molecule has 0 radical (unpaired) electrons. The molecule has 33 heavy (non-hydrogen) atoms. The van der Waals surface area contributed by atoms with Crippen molar-refractivity contribution >= 4 is 23.4 Å². The zero-order valence-corrected chi connectivity index (χ0v) is 19.8. The molecule has 1 aliphatic rings. The highest BCUT2D eigenvalue weighted by Crippen LogP contribution is 2.31. The molecule has 1 atom stereocenters. The van der Waals surface area contributed by atoms with Crippen molar-refractivity contribution in [2.45, 2.75) is 39.8 Å². The summed E-state index contributed by atoms with van der Waals surface area (Å²) in [4.78, 5) is 35.6. The highest BCUT2D eigenvalue weighted by molar-refractivity contribution is 7.07. The van der Waals surface area contributed by atoms with Gasteiger partial charge in [-0.2, -0.15) is 0 Å². The number of hydrogen-bond donors (Lipinski definition) is 0. The quantitative estimate of drug-likeness (QED) is 0.525. The molecule has 0 fully saturated rings. The molecular weight excluding hydrogens is 438 g/mol. The fourth-order valence-electron chi connectivity index (χ4n) is 3.72. The van der Waals surface area contributed by atoms with E-state index >= 15 is 0 Å². The molecule has 0 saturated heterocycles. The Balaban J connectivity index is 1.90. The standard InChI is InChI=1S/C25H25N3O4S/c1-5-31-24(30)21-16(4)27-25-28(22(21)18-6-8-19(9-7-18)32-15(2)3)23(29)20(33-25)14-17-10-12-26-13-11-17/h6-15,22H,5H2,1-4H3/t22-/m0/s1. The zero-order chi connectivity index (χ0) is 23.5. The molecule has 3 heterocycles. The van der Waals surface area contributed by atoms with Gasteiger partial charge in [-0.15, -0.1) is 0 Å². The number of aromatic nitrogens is 2. The molecule has 0 saturated carbocycles. The van der Waals surface area contributed by atoms with E-state index in [0.717, 1.165) is 16.9 Å². The third-order valence-corrected chi connectivity index (χ3v) is 6.07. The van der Waals surface area contributed by atoms with E-state index in [1.807, 2.05) is 56.3 Å². The van der Waals surface area contributed by atoms with Gasteiger partial charge in [0.05, 0.1) is 34.6 Å². The van der Waals surface area contributed by atoms with Gasteiger partial charge in [0.25, 0.3) is 5.56 Å². The highest BCUT2D eigenvalue weighted by atomic mass is 32.1. The van der Waals surface area contributed by atoms with E-state index in [4.69, 9.17) is 9.47 Å². The van der Waals surface area contributed by atoms with Crippen LogP contribution in [0.4, 0.5) is 0 Å². The van der Waals surface area contributed by atoms with Gasteiger partial charge in [-0.3, -0.25) is 14.3 Å². The fraction of sp³-hybridized carbons (Fsp3) is 0.280. The van der Waals surface area contributed by atoms with Crippen molar-refractivity contribution in [2.24, 2.45) is 4.99 Å². The smallest absolute Gasteiger partial charge is 0.338 e. The van der Waals surface area contributed by atoms with Crippen LogP contribution in [-0.4, -0.2) is 28.2 Å². The maximum atomic E-state index is 13.5. The van der Waals surface area contributed by atoms with E-state index in [1.54, 1.807) is 30.8 Å². The summed E-state index contributed by atoms with van der Waals surface area (Å²) in [6.45, 7) is 7.68. The summed E-state index contributed by atoms with van der Waals surface area (Å²) < 4.78 is 13.2. The average Bonchev–Trinajstić information content (AvgIpc) is 3.08. The summed E-state index contributed by atoms with van der Waals surface area (Å²) in [7, 11) is 0. The fourth-order valence-corrected chi connectivity index (χ4v) is 4.77. The molecule has 0 bridgehead atoms. The maximum absolute atomic E-state index is 13.5. The number of benzene rings is 1. The van der Waals surface area contributed by atoms with Crippen molar-refractivity contribution in [3.05, 3.63) is 90.9 Å². The Labute approximate surface area is 195 Å². The third-order valence-electron chi connectivity index (χ3n) is 5.09. The van der Waals surface area contributed by atoms with Crippen LogP contribution in [-0.2, 0) is 9.53 Å². The first kappa shape index (κ1) is 22.7. The number of rotatable bonds is 6. The number of thiazole rings is 1. The number of esters is 1. The van der Waals surface area contributed by atoms with Crippen molar-refractivity contribution < 1.29 is 14.3 Å². The molecule has 8 heteroatoms. The number of ether oxygens (including phenoxy) is 2. The van der Waals surface area contributed by atoms with Crippen LogP contribution in [0.2, 0.25) is 0 Å². The van der Waals surface area contributed by atoms with Gasteiger partial charge in [-0.1, -0.05) is 23.5 Å². The number of allylic oxidation sites excluding steroid dienone is 1. The molecule has 0 aliphatic carbocycles. The Kier molecular flexibility index (Phi) is 6.55. The van der Waals surface area contributed by atoms with Gasteiger partial charge >= 0.3 is 5.97 Å². The van der Waals surface area contributed by atoms with Gasteiger partial charge in [0.15, 0.2) is 4.80 Å². The number of carbonyl (C=O) groups excluding carboxylic acids is 1. The van der Waals surface area contributed by atoms with Crippen LogP contribution in [0.3, 0.4) is 0 Å². The molecule has 1 aromatic carbocycles. The van der Waals surface area contributed by atoms with Gasteiger partial charge < -0.3 is 9.47 Å². The first-order valence-corrected chi connectivity index (χ1v) is 11.6. The monoisotopic (exact) mass is 463 g/mol. The van der Waals surface area contributed by atoms with Crippen molar-refractivity contribution in [2.75, 3.05) is 6.61 Å². The summed E-state index contributed by atoms with van der Waals surface area (Å²) >= 11 is 1.29. The molecule has 3 aromatic rings. The van der Waals surface area contributed by atoms with E-state index in [-0.39, 0.29) is 18.3 Å². The summed E-state index contributed by atoms with van der Waals surface area (Å²) in [5.74, 6) is 0.243. The van der Waals surface area contributed by atoms with Gasteiger partial charge in [0, 0.05) is 12.4 Å². The van der Waals surface area contributed by atoms with Crippen molar-refractivity contribution in [3.8, 4) is 5.75 Å². The van der Waals surface area contributed by atoms with Crippen molar-refractivity contribution in [3.63, 3.8) is 0 Å². The third kappa shape index (κ3) is 4.66. The Morgan fingerprint density at radius 1 is 1.18 bits per heavy atom. The number of hydrogen-bond acceptors (Lipinski definition) is 7. The summed E-state index contributed by atoms with van der Waals surface area (Å²) in [5, 5.41) is 0. The predicted octanol–water partition coefficient (Wildman–Crippen LogP) is 2.98. The number of carbonyl (C=O) groups is 1. The SMILES string of the molecule is CCOC(=O)C1=C(C)N=c2sc(=Cc3ccncc3)c(=O)n2[C@H]1c1ccc(OC(C)C)cc1. The summed E-state index contributed by atoms with van der Waals surface area (Å²) in [5.41, 5.74) is 2.33. The number of nitrogens with zero attached hydrogens (tertiary/aromatic N) is 3. The van der Waals surface area contributed by atoms with Gasteiger partial charge in [0.1, 0.15) is 5.75 Å². The van der Waals surface area contributed by atoms with Crippen LogP contribution in [0.1, 0.15) is 44.9 Å². The Hall–Kier alpha value is -3.52. The molecule has 2 aromatic heterocycles. The Morgan fingerprint density at radius 3 is 2.52 bits per heavy atom. The minimum atomic E-state index is -0.645. The van der Waals surface area contributed by atoms with E-state index in [0.29, 0.717) is 20.6 Å². The minimum absolute atomic E-state index is 0.0407. The van der Waals surface area contributed by atoms with Crippen LogP contribution in [0, 0.1) is 0 Å². The first-order chi connectivity index (χ1) is 15.9. The number of pyridine rings is 1. The van der Waals surface area contributed by atoms with Crippen molar-refractivity contribution in [1.82, 2.24) is 9.55 Å². The second kappa shape index (κ2) is 9.54. The van der Waals surface area contributed by atoms with Crippen LogP contribution in [0.5, 0.6) is 5.75 Å². The average molecular weight is 464 g/mol. The molecule has 0 N–H and O–H groups in total. The first-order valence-electron chi connectivity index (χ1n) is 10.8. The molecule has 1 aliphatic heterocycles. The van der Waals surface area contributed by atoms with Crippen molar-refractivity contribution in [1.29, 1.82) is 0 Å². The van der Waals surface area contributed by atoms with Gasteiger partial charge in [-0.25, -0.2) is 9.79 Å². The topological polar surface area (TPSA) is 82.8 Å². The Morgan fingerprint density at radius 2 is 1.88 bits per heavy atom. The normalized spacial score (nSPS) is 15.9. The van der Waals surface area contributed by atoms with E-state index in [2.05, 4.69) is 9.98 Å². The molecule has 170 valence electrons. The Bertz CT molecular complexity index is 1370. The molecule has 4 rings (SSSR count). The minimum Gasteiger partial charge on any atom is -0.491 e. The molecule has 0 unspecified atom stereocenters. The summed E-state index contributed by atoms with van der Waals surface area (Å²) in [6.07, 6.45) is 5.20. The van der Waals surface area contributed by atoms with Crippen LogP contribution in [0.15, 0.2) is 69.8 Å². The van der Waals surface area contributed by atoms with Gasteiger partial charge in [-0.05, 0) is 69.2 Å². The molecule has 0 amide bonds. The van der Waals surface area contributed by atoms with E-state index in [9.17, 15) is 9.59 Å². The summed E-state index contributed by atoms with van der Waals surface area (Å²) in [6, 6.07) is 10.5. The van der Waals surface area contributed by atoms with E-state index < -0.39 is 12.0 Å². The predicted molar refractivity (Wildman–Crippen MR) is 127 cm³/mol. The highest BCUT2D eigenvalue weighted by Gasteiger charge is 2.33. The lowest BCUT2D eigenvalue weighted by Gasteiger charge is -2.25. The molecular formula is C25H25N3O4S. The maximum Gasteiger partial charge on any atom is 0.338 e. The van der Waals surface area contributed by atoms with Crippen LogP contribution < -0.4 is 19.6 Å². The second-order valence-corrected chi connectivity index (χ2v) is 8.83. The lowest BCUT2D eigenvalue weighted by Crippen LogP contribution is -2.39. The molecule has 0 spiro atoms. The zero-order valence-electron chi connectivity index (χ0n) is 18.9. The van der Waals surface area contributed by atoms with E-state index in [1.165, 1.54) is 11.3 Å². The number of fused-ring (bicyclic) bond motifs is 1.